The average molecular weight is 406 g/mol. The number of rotatable bonds is 6. The van der Waals surface area contributed by atoms with E-state index in [0.717, 1.165) is 19.6 Å². The number of carbonyl (C=O) groups excluding carboxylic acids is 1. The van der Waals surface area contributed by atoms with Crippen molar-refractivity contribution in [1.29, 1.82) is 0 Å². The molecule has 28 heavy (non-hydrogen) atoms. The molecule has 3 rings (SSSR count). The molecule has 148 valence electrons. The molecule has 1 aliphatic heterocycles. The second-order valence-electron chi connectivity index (χ2n) is 6.16. The maximum Gasteiger partial charge on any atom is 0.355 e. The number of hydrogen-bond acceptors (Lipinski definition) is 8. The van der Waals surface area contributed by atoms with E-state index in [0.29, 0.717) is 23.7 Å². The van der Waals surface area contributed by atoms with Crippen LogP contribution in [0.15, 0.2) is 30.6 Å². The molecule has 10 nitrogen and oxygen atoms in total. The van der Waals surface area contributed by atoms with Crippen molar-refractivity contribution in [3.63, 3.8) is 0 Å². The smallest absolute Gasteiger partial charge is 0.348 e. The summed E-state index contributed by atoms with van der Waals surface area (Å²) in [6.07, 6.45) is 1.24. The molecule has 1 aromatic heterocycles. The highest BCUT2D eigenvalue weighted by molar-refractivity contribution is 6.30. The number of nitrogens with one attached hydrogen (secondary N) is 2. The van der Waals surface area contributed by atoms with Crippen LogP contribution in [0, 0.1) is 10.1 Å². The van der Waals surface area contributed by atoms with Crippen molar-refractivity contribution in [2.75, 3.05) is 43.0 Å². The van der Waals surface area contributed by atoms with Crippen LogP contribution >= 0.6 is 11.6 Å². The largest absolute Gasteiger partial charge is 0.355 e. The highest BCUT2D eigenvalue weighted by Crippen LogP contribution is 2.31. The Bertz CT molecular complexity index is 872. The molecule has 2 N–H and O–H groups in total. The number of benzene rings is 1. The number of halogens is 1. The Labute approximate surface area is 166 Å². The van der Waals surface area contributed by atoms with Crippen molar-refractivity contribution in [3.8, 4) is 0 Å². The highest BCUT2D eigenvalue weighted by Gasteiger charge is 2.29. The van der Waals surface area contributed by atoms with Gasteiger partial charge in [-0.1, -0.05) is 24.6 Å². The van der Waals surface area contributed by atoms with E-state index in [2.05, 4.69) is 32.6 Å². The van der Waals surface area contributed by atoms with Crippen LogP contribution in [-0.4, -0.2) is 58.4 Å². The van der Waals surface area contributed by atoms with Crippen molar-refractivity contribution >= 4 is 34.8 Å². The lowest BCUT2D eigenvalue weighted by molar-refractivity contribution is -0.383. The standard InChI is InChI=1S/C17H20ClN7O3/c1-2-23-6-8-24(9-7-23)16-14(25(27)28)15(19-11-20-16)21-22-17(26)12-4-3-5-13(18)10-12/h3-5,10-11H,2,6-9H2,1H3,(H,22,26)(H,19,20,21). The van der Waals surface area contributed by atoms with E-state index < -0.39 is 10.8 Å². The molecule has 11 heteroatoms. The van der Waals surface area contributed by atoms with Gasteiger partial charge in [0.25, 0.3) is 5.91 Å². The van der Waals surface area contributed by atoms with Gasteiger partial charge < -0.3 is 9.80 Å². The van der Waals surface area contributed by atoms with Gasteiger partial charge in [0.1, 0.15) is 6.33 Å². The molecule has 1 fully saturated rings. The maximum atomic E-state index is 12.2. The number of hydrazine groups is 1. The Kier molecular flexibility index (Phi) is 6.22. The van der Waals surface area contributed by atoms with Gasteiger partial charge in [-0.15, -0.1) is 0 Å². The minimum atomic E-state index is -0.546. The second-order valence-corrected chi connectivity index (χ2v) is 6.60. The highest BCUT2D eigenvalue weighted by atomic mass is 35.5. The predicted octanol–water partition coefficient (Wildman–Crippen LogP) is 1.94. The summed E-state index contributed by atoms with van der Waals surface area (Å²) in [4.78, 5) is 35.5. The SMILES string of the molecule is CCN1CCN(c2ncnc(NNC(=O)c3cccc(Cl)c3)c2[N+](=O)[O-])CC1. The molecular weight excluding hydrogens is 386 g/mol. The molecule has 0 radical (unpaired) electrons. The topological polar surface area (TPSA) is 117 Å². The third-order valence-electron chi connectivity index (χ3n) is 4.49. The van der Waals surface area contributed by atoms with Crippen LogP contribution < -0.4 is 15.8 Å². The van der Waals surface area contributed by atoms with Crippen molar-refractivity contribution in [1.82, 2.24) is 20.3 Å². The molecule has 0 bridgehead atoms. The van der Waals surface area contributed by atoms with Gasteiger partial charge in [-0.05, 0) is 24.7 Å². The van der Waals surface area contributed by atoms with E-state index in [1.807, 2.05) is 4.90 Å². The lowest BCUT2D eigenvalue weighted by Gasteiger charge is -2.34. The van der Waals surface area contributed by atoms with Crippen LogP contribution in [0.5, 0.6) is 0 Å². The Morgan fingerprint density at radius 1 is 1.29 bits per heavy atom. The van der Waals surface area contributed by atoms with Crippen LogP contribution in [0.4, 0.5) is 17.3 Å². The van der Waals surface area contributed by atoms with E-state index in [1.54, 1.807) is 18.2 Å². The summed E-state index contributed by atoms with van der Waals surface area (Å²) < 4.78 is 0. The molecule has 1 amide bonds. The zero-order valence-corrected chi connectivity index (χ0v) is 16.0. The van der Waals surface area contributed by atoms with Crippen LogP contribution in [0.1, 0.15) is 17.3 Å². The van der Waals surface area contributed by atoms with Gasteiger partial charge in [0, 0.05) is 36.8 Å². The number of aromatic nitrogens is 2. The number of likely N-dealkylation sites (N-methyl/N-ethyl adjacent to an activating group) is 1. The van der Waals surface area contributed by atoms with Crippen LogP contribution in [0.25, 0.3) is 0 Å². The normalized spacial score (nSPS) is 14.6. The third-order valence-corrected chi connectivity index (χ3v) is 4.72. The molecule has 0 saturated carbocycles. The summed E-state index contributed by atoms with van der Waals surface area (Å²) in [5.74, 6) is -0.341. The molecular formula is C17H20ClN7O3. The summed E-state index contributed by atoms with van der Waals surface area (Å²) in [6.45, 7) is 5.85. The Morgan fingerprint density at radius 3 is 2.68 bits per heavy atom. The molecule has 0 aliphatic carbocycles. The lowest BCUT2D eigenvalue weighted by atomic mass is 10.2. The summed E-state index contributed by atoms with van der Waals surface area (Å²) >= 11 is 5.88. The number of nitrogens with zero attached hydrogens (tertiary/aromatic N) is 5. The van der Waals surface area contributed by atoms with Crippen molar-refractivity contribution < 1.29 is 9.72 Å². The van der Waals surface area contributed by atoms with Gasteiger partial charge in [0.05, 0.1) is 4.92 Å². The molecule has 1 aromatic carbocycles. The molecule has 0 unspecified atom stereocenters. The summed E-state index contributed by atoms with van der Waals surface area (Å²) in [6, 6.07) is 6.35. The Morgan fingerprint density at radius 2 is 2.04 bits per heavy atom. The first-order valence-electron chi connectivity index (χ1n) is 8.78. The summed E-state index contributed by atoms with van der Waals surface area (Å²) in [5.41, 5.74) is 4.99. The van der Waals surface area contributed by atoms with E-state index in [1.165, 1.54) is 12.4 Å². The van der Waals surface area contributed by atoms with E-state index in [9.17, 15) is 14.9 Å². The number of carbonyl (C=O) groups is 1. The van der Waals surface area contributed by atoms with Gasteiger partial charge in [0.2, 0.25) is 11.6 Å². The number of amides is 1. The lowest BCUT2D eigenvalue weighted by Crippen LogP contribution is -2.46. The third kappa shape index (κ3) is 4.46. The number of anilines is 2. The van der Waals surface area contributed by atoms with E-state index in [4.69, 9.17) is 11.6 Å². The predicted molar refractivity (Wildman–Crippen MR) is 106 cm³/mol. The first-order chi connectivity index (χ1) is 13.5. The zero-order valence-electron chi connectivity index (χ0n) is 15.3. The Balaban J connectivity index is 1.78. The molecule has 2 aromatic rings. The zero-order chi connectivity index (χ0) is 20.1. The van der Waals surface area contributed by atoms with E-state index in [-0.39, 0.29) is 17.3 Å². The summed E-state index contributed by atoms with van der Waals surface area (Å²) in [5, 5.41) is 12.1. The molecule has 0 spiro atoms. The van der Waals surface area contributed by atoms with Crippen molar-refractivity contribution in [2.45, 2.75) is 6.92 Å². The average Bonchev–Trinajstić information content (AvgIpc) is 2.71. The quantitative estimate of drug-likeness (QED) is 0.553. The fourth-order valence-electron chi connectivity index (χ4n) is 2.95. The van der Waals surface area contributed by atoms with Gasteiger partial charge in [-0.3, -0.25) is 25.8 Å². The van der Waals surface area contributed by atoms with Crippen molar-refractivity contribution in [2.24, 2.45) is 0 Å². The summed E-state index contributed by atoms with van der Waals surface area (Å²) in [7, 11) is 0. The first kappa shape index (κ1) is 19.8. The fraction of sp³-hybridized carbons (Fsp3) is 0.353. The molecule has 1 saturated heterocycles. The molecule has 0 atom stereocenters. The fourth-order valence-corrected chi connectivity index (χ4v) is 3.14. The van der Waals surface area contributed by atoms with Crippen LogP contribution in [0.2, 0.25) is 5.02 Å². The van der Waals surface area contributed by atoms with Crippen LogP contribution in [0.3, 0.4) is 0 Å². The number of nitro groups is 1. The van der Waals surface area contributed by atoms with Crippen LogP contribution in [-0.2, 0) is 0 Å². The first-order valence-corrected chi connectivity index (χ1v) is 9.16. The number of hydrogen-bond donors (Lipinski definition) is 2. The molecule has 1 aliphatic rings. The van der Waals surface area contributed by atoms with Gasteiger partial charge in [0.15, 0.2) is 0 Å². The minimum absolute atomic E-state index is 0.0803. The maximum absolute atomic E-state index is 12.2. The van der Waals surface area contributed by atoms with E-state index >= 15 is 0 Å². The minimum Gasteiger partial charge on any atom is -0.348 e. The van der Waals surface area contributed by atoms with Gasteiger partial charge >= 0.3 is 5.69 Å². The second kappa shape index (κ2) is 8.81. The van der Waals surface area contributed by atoms with Crippen molar-refractivity contribution in [3.05, 3.63) is 51.3 Å². The number of piperazine rings is 1. The monoisotopic (exact) mass is 405 g/mol. The molecule has 2 heterocycles. The Hall–Kier alpha value is -2.98. The van der Waals surface area contributed by atoms with Gasteiger partial charge in [-0.25, -0.2) is 9.97 Å². The van der Waals surface area contributed by atoms with Gasteiger partial charge in [-0.2, -0.15) is 0 Å².